The number of nitrogens with one attached hydrogen (secondary N) is 1. The molecule has 2 amide bonds. The van der Waals surface area contributed by atoms with Crippen molar-refractivity contribution in [1.29, 1.82) is 0 Å². The molecule has 6 nitrogen and oxygen atoms in total. The Morgan fingerprint density at radius 1 is 1.03 bits per heavy atom. The first-order valence-electron chi connectivity index (χ1n) is 11.7. The second-order valence-electron chi connectivity index (χ2n) is 8.36. The number of anilines is 2. The Bertz CT molecular complexity index is 1440. The van der Waals surface area contributed by atoms with Crippen LogP contribution in [0.5, 0.6) is 11.5 Å². The number of para-hydroxylation sites is 1. The molecule has 0 saturated carbocycles. The standard InChI is InChI=1S/C28H24Cl2N2O4S2/c1-4-35-23-12-18(8-11-22(23)36-15-25(33)31-26-16(2)6-5-7-17(26)3)13-24-27(34)32(28(37)38-24)19-9-10-20(29)21(30)14-19/h5-14H,4,15H2,1-3H3,(H,31,33)/b24-13-. The van der Waals surface area contributed by atoms with Crippen molar-refractivity contribution in [2.75, 3.05) is 23.4 Å². The minimum Gasteiger partial charge on any atom is -0.490 e. The van der Waals surface area contributed by atoms with E-state index in [4.69, 9.17) is 44.9 Å². The molecule has 0 unspecified atom stereocenters. The van der Waals surface area contributed by atoms with Gasteiger partial charge in [-0.05, 0) is 73.9 Å². The van der Waals surface area contributed by atoms with Crippen LogP contribution in [0, 0.1) is 13.8 Å². The van der Waals surface area contributed by atoms with Crippen LogP contribution in [0.2, 0.25) is 10.0 Å². The zero-order valence-corrected chi connectivity index (χ0v) is 24.0. The van der Waals surface area contributed by atoms with E-state index in [9.17, 15) is 9.59 Å². The maximum Gasteiger partial charge on any atom is 0.270 e. The van der Waals surface area contributed by atoms with E-state index in [1.54, 1.807) is 42.5 Å². The van der Waals surface area contributed by atoms with Gasteiger partial charge in [0.25, 0.3) is 11.8 Å². The molecule has 3 aromatic carbocycles. The van der Waals surface area contributed by atoms with Crippen LogP contribution in [-0.4, -0.2) is 29.3 Å². The van der Waals surface area contributed by atoms with Crippen LogP contribution in [0.4, 0.5) is 11.4 Å². The number of aryl methyl sites for hydroxylation is 2. The first-order valence-corrected chi connectivity index (χ1v) is 13.6. The van der Waals surface area contributed by atoms with Crippen LogP contribution < -0.4 is 19.7 Å². The Hall–Kier alpha value is -3.04. The average Bonchev–Trinajstić information content (AvgIpc) is 3.15. The molecule has 0 radical (unpaired) electrons. The quantitative estimate of drug-likeness (QED) is 0.218. The number of halogens is 2. The van der Waals surface area contributed by atoms with E-state index in [-0.39, 0.29) is 18.4 Å². The van der Waals surface area contributed by atoms with Gasteiger partial charge in [-0.1, -0.05) is 71.4 Å². The van der Waals surface area contributed by atoms with Crippen LogP contribution in [-0.2, 0) is 9.59 Å². The fraction of sp³-hybridized carbons (Fsp3) is 0.179. The molecule has 38 heavy (non-hydrogen) atoms. The topological polar surface area (TPSA) is 67.9 Å². The van der Waals surface area contributed by atoms with Gasteiger partial charge >= 0.3 is 0 Å². The third-order valence-electron chi connectivity index (χ3n) is 5.62. The van der Waals surface area contributed by atoms with Crippen LogP contribution >= 0.6 is 47.2 Å². The van der Waals surface area contributed by atoms with E-state index in [1.807, 2.05) is 39.0 Å². The molecule has 1 aliphatic rings. The summed E-state index contributed by atoms with van der Waals surface area (Å²) in [6.07, 6.45) is 1.73. The van der Waals surface area contributed by atoms with Gasteiger partial charge in [0.2, 0.25) is 0 Å². The maximum absolute atomic E-state index is 13.1. The number of benzene rings is 3. The highest BCUT2D eigenvalue weighted by atomic mass is 35.5. The van der Waals surface area contributed by atoms with Gasteiger partial charge in [0.05, 0.1) is 27.2 Å². The van der Waals surface area contributed by atoms with Gasteiger partial charge < -0.3 is 14.8 Å². The number of thioether (sulfide) groups is 1. The Balaban J connectivity index is 1.49. The van der Waals surface area contributed by atoms with Gasteiger partial charge in [-0.3, -0.25) is 14.5 Å². The molecule has 1 aliphatic heterocycles. The van der Waals surface area contributed by atoms with Crippen LogP contribution in [0.1, 0.15) is 23.6 Å². The number of carbonyl (C=O) groups is 2. The van der Waals surface area contributed by atoms with Gasteiger partial charge in [-0.15, -0.1) is 0 Å². The lowest BCUT2D eigenvalue weighted by Gasteiger charge is -2.15. The summed E-state index contributed by atoms with van der Waals surface area (Å²) < 4.78 is 11.9. The molecule has 0 bridgehead atoms. The highest BCUT2D eigenvalue weighted by Gasteiger charge is 2.33. The second-order valence-corrected chi connectivity index (χ2v) is 10.8. The van der Waals surface area contributed by atoms with Crippen molar-refractivity contribution in [3.8, 4) is 11.5 Å². The molecular weight excluding hydrogens is 563 g/mol. The number of rotatable bonds is 8. The molecule has 4 rings (SSSR count). The number of hydrogen-bond acceptors (Lipinski definition) is 6. The van der Waals surface area contributed by atoms with Crippen molar-refractivity contribution in [3.05, 3.63) is 86.2 Å². The summed E-state index contributed by atoms with van der Waals surface area (Å²) in [5, 5.41) is 3.63. The molecule has 10 heteroatoms. The fourth-order valence-electron chi connectivity index (χ4n) is 3.80. The van der Waals surface area contributed by atoms with Crippen LogP contribution in [0.3, 0.4) is 0 Å². The summed E-state index contributed by atoms with van der Waals surface area (Å²) >= 11 is 18.8. The number of amides is 2. The SMILES string of the molecule is CCOc1cc(/C=C2\SC(=S)N(c3ccc(Cl)c(Cl)c3)C2=O)ccc1OCC(=O)Nc1c(C)cccc1C. The maximum atomic E-state index is 13.1. The van der Waals surface area contributed by atoms with Gasteiger partial charge in [-0.2, -0.15) is 0 Å². The zero-order valence-electron chi connectivity index (χ0n) is 20.8. The first-order chi connectivity index (χ1) is 18.2. The highest BCUT2D eigenvalue weighted by molar-refractivity contribution is 8.27. The number of hydrogen-bond donors (Lipinski definition) is 1. The minimum absolute atomic E-state index is 0.185. The second kappa shape index (κ2) is 12.2. The molecule has 1 fully saturated rings. The summed E-state index contributed by atoms with van der Waals surface area (Å²) in [4.78, 5) is 27.6. The normalized spacial score (nSPS) is 14.2. The molecule has 0 aliphatic carbocycles. The molecule has 3 aromatic rings. The van der Waals surface area contributed by atoms with E-state index in [0.717, 1.165) is 22.4 Å². The zero-order chi connectivity index (χ0) is 27.4. The Morgan fingerprint density at radius 2 is 1.76 bits per heavy atom. The Labute approximate surface area is 240 Å². The molecule has 1 N–H and O–H groups in total. The highest BCUT2D eigenvalue weighted by Crippen LogP contribution is 2.39. The van der Waals surface area contributed by atoms with Gasteiger partial charge in [-0.25, -0.2) is 0 Å². The molecule has 1 heterocycles. The van der Waals surface area contributed by atoms with Crippen molar-refractivity contribution in [2.24, 2.45) is 0 Å². The molecule has 0 spiro atoms. The lowest BCUT2D eigenvalue weighted by atomic mass is 10.1. The number of ether oxygens (including phenoxy) is 2. The smallest absolute Gasteiger partial charge is 0.270 e. The van der Waals surface area contributed by atoms with E-state index >= 15 is 0 Å². The molecule has 0 aromatic heterocycles. The van der Waals surface area contributed by atoms with Crippen molar-refractivity contribution < 1.29 is 19.1 Å². The summed E-state index contributed by atoms with van der Waals surface area (Å²) in [7, 11) is 0. The van der Waals surface area contributed by atoms with E-state index in [0.29, 0.717) is 43.1 Å². The van der Waals surface area contributed by atoms with Gasteiger partial charge in [0, 0.05) is 5.69 Å². The molecule has 196 valence electrons. The molecule has 0 atom stereocenters. The fourth-order valence-corrected chi connectivity index (χ4v) is 5.39. The largest absolute Gasteiger partial charge is 0.490 e. The van der Waals surface area contributed by atoms with Crippen molar-refractivity contribution in [2.45, 2.75) is 20.8 Å². The van der Waals surface area contributed by atoms with Crippen molar-refractivity contribution in [1.82, 2.24) is 0 Å². The number of carbonyl (C=O) groups excluding carboxylic acids is 2. The van der Waals surface area contributed by atoms with Crippen LogP contribution in [0.15, 0.2) is 59.5 Å². The third kappa shape index (κ3) is 6.32. The Kier molecular flexibility index (Phi) is 8.99. The lowest BCUT2D eigenvalue weighted by Crippen LogP contribution is -2.27. The third-order valence-corrected chi connectivity index (χ3v) is 7.67. The summed E-state index contributed by atoms with van der Waals surface area (Å²) in [5.74, 6) is 0.338. The van der Waals surface area contributed by atoms with E-state index in [2.05, 4.69) is 5.32 Å². The van der Waals surface area contributed by atoms with Crippen molar-refractivity contribution in [3.63, 3.8) is 0 Å². The van der Waals surface area contributed by atoms with E-state index in [1.165, 1.54) is 16.7 Å². The first kappa shape index (κ1) is 28.0. The lowest BCUT2D eigenvalue weighted by molar-refractivity contribution is -0.118. The predicted molar refractivity (Wildman–Crippen MR) is 160 cm³/mol. The van der Waals surface area contributed by atoms with Gasteiger partial charge in [0.1, 0.15) is 0 Å². The summed E-state index contributed by atoms with van der Waals surface area (Å²) in [6, 6.07) is 16.0. The van der Waals surface area contributed by atoms with E-state index < -0.39 is 0 Å². The predicted octanol–water partition coefficient (Wildman–Crippen LogP) is 7.43. The molecule has 1 saturated heterocycles. The summed E-state index contributed by atoms with van der Waals surface area (Å²) in [6.45, 7) is 5.94. The average molecular weight is 588 g/mol. The minimum atomic E-state index is -0.278. The number of thiocarbonyl (C=S) groups is 1. The molecular formula is C28H24Cl2N2O4S2. The monoisotopic (exact) mass is 586 g/mol. The van der Waals surface area contributed by atoms with Crippen molar-refractivity contribution >= 4 is 80.8 Å². The van der Waals surface area contributed by atoms with Gasteiger partial charge in [0.15, 0.2) is 22.4 Å². The Morgan fingerprint density at radius 3 is 2.45 bits per heavy atom. The summed E-state index contributed by atoms with van der Waals surface area (Å²) in [5.41, 5.74) is 3.99. The van der Waals surface area contributed by atoms with Crippen LogP contribution in [0.25, 0.3) is 6.08 Å². The number of nitrogens with zero attached hydrogens (tertiary/aromatic N) is 1.